The molecule has 1 aliphatic heterocycles. The molecule has 4 rings (SSSR count). The van der Waals surface area contributed by atoms with Gasteiger partial charge in [0.2, 0.25) is 5.90 Å². The molecule has 3 aromatic rings. The van der Waals surface area contributed by atoms with E-state index in [9.17, 15) is 14.4 Å². The monoisotopic (exact) mass is 691 g/mol. The van der Waals surface area contributed by atoms with Gasteiger partial charge in [0.15, 0.2) is 22.9 Å². The minimum absolute atomic E-state index is 0.0102. The number of methoxy groups -OCH3 is 1. The van der Waals surface area contributed by atoms with Gasteiger partial charge in [-0.1, -0.05) is 31.9 Å². The van der Waals surface area contributed by atoms with Crippen molar-refractivity contribution in [2.75, 3.05) is 7.11 Å². The van der Waals surface area contributed by atoms with Crippen molar-refractivity contribution < 1.29 is 33.3 Å². The van der Waals surface area contributed by atoms with Gasteiger partial charge in [-0.15, -0.1) is 0 Å². The Labute approximate surface area is 236 Å². The van der Waals surface area contributed by atoms with Crippen LogP contribution >= 0.6 is 47.8 Å². The molecule has 0 N–H and O–H groups in total. The number of hydrogen-bond donors (Lipinski definition) is 0. The third-order valence-electron chi connectivity index (χ3n) is 4.89. The highest BCUT2D eigenvalue weighted by atomic mass is 79.9. The number of rotatable bonds is 6. The zero-order valence-electron chi connectivity index (χ0n) is 19.2. The largest absolute Gasteiger partial charge is 0.493 e. The maximum Gasteiger partial charge on any atom is 0.363 e. The van der Waals surface area contributed by atoms with Gasteiger partial charge in [0.05, 0.1) is 17.1 Å². The van der Waals surface area contributed by atoms with Gasteiger partial charge in [-0.05, 0) is 76.6 Å². The van der Waals surface area contributed by atoms with E-state index in [0.29, 0.717) is 25.6 Å². The van der Waals surface area contributed by atoms with Crippen LogP contribution in [0.15, 0.2) is 78.7 Å². The number of carbonyl (C=O) groups is 3. The van der Waals surface area contributed by atoms with Crippen molar-refractivity contribution in [3.63, 3.8) is 0 Å². The summed E-state index contributed by atoms with van der Waals surface area (Å²) in [5, 5.41) is 0. The number of aliphatic imine (C=N–C) groups is 1. The van der Waals surface area contributed by atoms with E-state index in [1.165, 1.54) is 32.2 Å². The van der Waals surface area contributed by atoms with Gasteiger partial charge in [-0.25, -0.2) is 14.6 Å². The average molecular weight is 694 g/mol. The van der Waals surface area contributed by atoms with Gasteiger partial charge in [-0.2, -0.15) is 0 Å². The molecule has 0 fully saturated rings. The predicted octanol–water partition coefficient (Wildman–Crippen LogP) is 6.47. The van der Waals surface area contributed by atoms with E-state index in [1.54, 1.807) is 42.5 Å². The molecule has 37 heavy (non-hydrogen) atoms. The molecule has 0 aliphatic carbocycles. The Balaban J connectivity index is 1.68. The zero-order valence-corrected chi connectivity index (χ0v) is 24.0. The Bertz CT molecular complexity index is 1480. The van der Waals surface area contributed by atoms with E-state index in [0.717, 1.165) is 4.47 Å². The van der Waals surface area contributed by atoms with Crippen LogP contribution in [0.25, 0.3) is 6.08 Å². The van der Waals surface area contributed by atoms with Gasteiger partial charge >= 0.3 is 17.9 Å². The SMILES string of the molecule is COc1cc(C2=N/C(=C\c3cc(Br)cc(Br)c3OC(=O)c3ccc(Br)cc3)C(=O)O2)ccc1OC(C)=O. The van der Waals surface area contributed by atoms with E-state index in [1.807, 2.05) is 0 Å². The summed E-state index contributed by atoms with van der Waals surface area (Å²) in [6, 6.07) is 14.7. The molecule has 0 saturated carbocycles. The number of esters is 3. The highest BCUT2D eigenvalue weighted by Gasteiger charge is 2.26. The molecule has 0 bridgehead atoms. The van der Waals surface area contributed by atoms with E-state index in [2.05, 4.69) is 52.8 Å². The van der Waals surface area contributed by atoms with E-state index >= 15 is 0 Å². The summed E-state index contributed by atoms with van der Waals surface area (Å²) in [5.74, 6) is -1.05. The quantitative estimate of drug-likeness (QED) is 0.166. The van der Waals surface area contributed by atoms with Crippen LogP contribution in [-0.4, -0.2) is 30.9 Å². The Hall–Kier alpha value is -3.28. The summed E-state index contributed by atoms with van der Waals surface area (Å²) in [6.45, 7) is 1.28. The van der Waals surface area contributed by atoms with Crippen LogP contribution in [0.5, 0.6) is 17.2 Å². The van der Waals surface area contributed by atoms with Crippen molar-refractivity contribution >= 4 is 77.7 Å². The summed E-state index contributed by atoms with van der Waals surface area (Å²) < 4.78 is 23.4. The van der Waals surface area contributed by atoms with Crippen LogP contribution < -0.4 is 14.2 Å². The van der Waals surface area contributed by atoms with Crippen molar-refractivity contribution in [2.24, 2.45) is 4.99 Å². The molecule has 188 valence electrons. The van der Waals surface area contributed by atoms with Crippen LogP contribution in [0.2, 0.25) is 0 Å². The standard InChI is InChI=1S/C26H16Br3NO7/c1-13(31)35-21-8-5-15(11-22(21)34-2)24-30-20(26(33)37-24)10-16-9-18(28)12-19(29)23(16)36-25(32)14-3-6-17(27)7-4-14/h3-12H,1-2H3/b20-10-. The van der Waals surface area contributed by atoms with Gasteiger partial charge in [0, 0.05) is 27.0 Å². The molecule has 0 aromatic heterocycles. The highest BCUT2D eigenvalue weighted by Crippen LogP contribution is 2.36. The first-order valence-corrected chi connectivity index (χ1v) is 12.9. The smallest absolute Gasteiger partial charge is 0.363 e. The van der Waals surface area contributed by atoms with Crippen molar-refractivity contribution in [1.29, 1.82) is 0 Å². The third-order valence-corrected chi connectivity index (χ3v) is 6.46. The molecule has 11 heteroatoms. The Morgan fingerprint density at radius 3 is 2.32 bits per heavy atom. The molecular weight excluding hydrogens is 678 g/mol. The van der Waals surface area contributed by atoms with E-state index in [4.69, 9.17) is 18.9 Å². The average Bonchev–Trinajstić information content (AvgIpc) is 3.21. The van der Waals surface area contributed by atoms with Gasteiger partial charge in [0.1, 0.15) is 0 Å². The van der Waals surface area contributed by atoms with Crippen LogP contribution in [0, 0.1) is 0 Å². The van der Waals surface area contributed by atoms with Gasteiger partial charge in [0.25, 0.3) is 0 Å². The fourth-order valence-corrected chi connectivity index (χ4v) is 4.86. The summed E-state index contributed by atoms with van der Waals surface area (Å²) in [4.78, 5) is 41.0. The molecule has 0 unspecified atom stereocenters. The zero-order chi connectivity index (χ0) is 26.7. The third kappa shape index (κ3) is 6.35. The molecule has 0 atom stereocenters. The van der Waals surface area contributed by atoms with Crippen molar-refractivity contribution in [2.45, 2.75) is 6.92 Å². The number of benzene rings is 3. The Kier molecular flexibility index (Phi) is 8.25. The van der Waals surface area contributed by atoms with Gasteiger partial charge in [-0.3, -0.25) is 4.79 Å². The topological polar surface area (TPSA) is 100 Å². The van der Waals surface area contributed by atoms with Crippen LogP contribution in [-0.2, 0) is 14.3 Å². The van der Waals surface area contributed by atoms with Gasteiger partial charge < -0.3 is 18.9 Å². The summed E-state index contributed by atoms with van der Waals surface area (Å²) >= 11 is 10.2. The van der Waals surface area contributed by atoms with Crippen molar-refractivity contribution in [3.05, 3.63) is 90.4 Å². The first-order valence-electron chi connectivity index (χ1n) is 10.5. The number of halogens is 3. The molecule has 0 saturated heterocycles. The minimum atomic E-state index is -0.695. The van der Waals surface area contributed by atoms with Crippen molar-refractivity contribution in [1.82, 2.24) is 0 Å². The first kappa shape index (κ1) is 26.8. The number of nitrogens with zero attached hydrogens (tertiary/aromatic N) is 1. The number of hydrogen-bond acceptors (Lipinski definition) is 8. The lowest BCUT2D eigenvalue weighted by Gasteiger charge is -2.11. The second-order valence-corrected chi connectivity index (χ2v) is 10.2. The molecule has 0 radical (unpaired) electrons. The fourth-order valence-electron chi connectivity index (χ4n) is 3.25. The summed E-state index contributed by atoms with van der Waals surface area (Å²) in [7, 11) is 1.42. The molecule has 1 heterocycles. The number of ether oxygens (including phenoxy) is 4. The second kappa shape index (κ2) is 11.4. The molecule has 8 nitrogen and oxygen atoms in total. The minimum Gasteiger partial charge on any atom is -0.493 e. The normalized spacial score (nSPS) is 13.7. The van der Waals surface area contributed by atoms with Crippen LogP contribution in [0.3, 0.4) is 0 Å². The lowest BCUT2D eigenvalue weighted by atomic mass is 10.1. The second-order valence-electron chi connectivity index (χ2n) is 7.50. The molecular formula is C26H16Br3NO7. The highest BCUT2D eigenvalue weighted by molar-refractivity contribution is 9.11. The van der Waals surface area contributed by atoms with Crippen molar-refractivity contribution in [3.8, 4) is 17.2 Å². The Morgan fingerprint density at radius 2 is 1.65 bits per heavy atom. The maximum absolute atomic E-state index is 12.8. The lowest BCUT2D eigenvalue weighted by Crippen LogP contribution is -2.10. The molecule has 0 amide bonds. The molecule has 3 aromatic carbocycles. The Morgan fingerprint density at radius 1 is 0.919 bits per heavy atom. The molecule has 0 spiro atoms. The number of carbonyl (C=O) groups excluding carboxylic acids is 3. The van der Waals surface area contributed by atoms with E-state index < -0.39 is 17.9 Å². The summed E-state index contributed by atoms with van der Waals surface area (Å²) in [5.41, 5.74) is 1.18. The fraction of sp³-hybridized carbons (Fsp3) is 0.0769. The van der Waals surface area contributed by atoms with E-state index in [-0.39, 0.29) is 28.8 Å². The number of cyclic esters (lactones) is 1. The lowest BCUT2D eigenvalue weighted by molar-refractivity contribution is -0.132. The summed E-state index contributed by atoms with van der Waals surface area (Å²) in [6.07, 6.45) is 1.46. The maximum atomic E-state index is 12.8. The molecule has 1 aliphatic rings. The van der Waals surface area contributed by atoms with Crippen LogP contribution in [0.1, 0.15) is 28.4 Å². The predicted molar refractivity (Wildman–Crippen MR) is 146 cm³/mol. The van der Waals surface area contributed by atoms with Crippen LogP contribution in [0.4, 0.5) is 0 Å². The first-order chi connectivity index (χ1) is 17.6.